The van der Waals surface area contributed by atoms with Crippen molar-refractivity contribution in [3.63, 3.8) is 0 Å². The third-order valence-corrected chi connectivity index (χ3v) is 6.54. The van der Waals surface area contributed by atoms with E-state index in [0.29, 0.717) is 17.7 Å². The lowest BCUT2D eigenvalue weighted by molar-refractivity contribution is -0.274. The minimum atomic E-state index is -4.78. The topological polar surface area (TPSA) is 79.3 Å². The molecule has 0 aliphatic carbocycles. The van der Waals surface area contributed by atoms with Gasteiger partial charge in [-0.2, -0.15) is 11.8 Å². The number of pyridine rings is 2. The Morgan fingerprint density at radius 1 is 1.03 bits per heavy atom. The number of alkyl halides is 3. The van der Waals surface area contributed by atoms with E-state index in [2.05, 4.69) is 34.8 Å². The highest BCUT2D eigenvalue weighted by molar-refractivity contribution is 7.99. The summed E-state index contributed by atoms with van der Waals surface area (Å²) in [4.78, 5) is 22.2. The lowest BCUT2D eigenvalue weighted by atomic mass is 10.1. The van der Waals surface area contributed by atoms with Crippen LogP contribution in [0.4, 0.5) is 30.6 Å². The van der Waals surface area contributed by atoms with Gasteiger partial charge in [0.15, 0.2) is 5.82 Å². The van der Waals surface area contributed by atoms with Crippen molar-refractivity contribution in [2.45, 2.75) is 12.4 Å². The molecule has 0 bridgehead atoms. The summed E-state index contributed by atoms with van der Waals surface area (Å²) in [6, 6.07) is 8.24. The number of nitrogens with one attached hydrogen (secondary N) is 1. The number of ether oxygens (including phenoxy) is 1. The Balaban J connectivity index is 1.38. The van der Waals surface area contributed by atoms with Gasteiger partial charge in [0.2, 0.25) is 0 Å². The summed E-state index contributed by atoms with van der Waals surface area (Å²) >= 11 is 1.99. The zero-order valence-electron chi connectivity index (χ0n) is 18.1. The molecule has 0 radical (unpaired) electrons. The summed E-state index contributed by atoms with van der Waals surface area (Å²) in [5.41, 5.74) is 0.736. The molecule has 3 aromatic rings. The Hall–Kier alpha value is -3.12. The summed E-state index contributed by atoms with van der Waals surface area (Å²) in [7, 11) is 0. The second-order valence-corrected chi connectivity index (χ2v) is 9.16. The first kappa shape index (κ1) is 22.7. The molecule has 34 heavy (non-hydrogen) atoms. The molecule has 2 saturated heterocycles. The van der Waals surface area contributed by atoms with Crippen LogP contribution in [0.25, 0.3) is 11.4 Å². The summed E-state index contributed by atoms with van der Waals surface area (Å²) in [6.07, 6.45) is -0.206. The quantitative estimate of drug-likeness (QED) is 0.556. The van der Waals surface area contributed by atoms with Crippen LogP contribution in [0, 0.1) is 0 Å². The van der Waals surface area contributed by atoms with Gasteiger partial charge >= 0.3 is 6.36 Å². The molecular weight excluding hydrogens is 467 g/mol. The molecule has 0 atom stereocenters. The number of hydrogen-bond donors (Lipinski definition) is 1. The highest BCUT2D eigenvalue weighted by Gasteiger charge is 2.34. The smallest absolute Gasteiger partial charge is 0.406 e. The molecule has 0 saturated carbocycles. The molecule has 0 spiro atoms. The number of aromatic nitrogens is 4. The van der Waals surface area contributed by atoms with Gasteiger partial charge in [0, 0.05) is 80.0 Å². The van der Waals surface area contributed by atoms with Crippen LogP contribution in [0.2, 0.25) is 0 Å². The molecule has 5 heterocycles. The summed E-state index contributed by atoms with van der Waals surface area (Å²) < 4.78 is 41.8. The molecule has 178 valence electrons. The van der Waals surface area contributed by atoms with Crippen molar-refractivity contribution >= 4 is 29.2 Å². The molecule has 3 aromatic heterocycles. The fourth-order valence-corrected chi connectivity index (χ4v) is 4.84. The predicted molar refractivity (Wildman–Crippen MR) is 124 cm³/mol. The maximum atomic E-state index is 12.6. The largest absolute Gasteiger partial charge is 0.573 e. The Bertz CT molecular complexity index is 1120. The average molecular weight is 490 g/mol. The Morgan fingerprint density at radius 2 is 1.85 bits per heavy atom. The number of nitrogens with zero attached hydrogens (tertiary/aromatic N) is 6. The van der Waals surface area contributed by atoms with E-state index >= 15 is 0 Å². The van der Waals surface area contributed by atoms with Crippen LogP contribution in [0.15, 0.2) is 48.9 Å². The number of halogens is 3. The summed E-state index contributed by atoms with van der Waals surface area (Å²) in [5, 5.41) is 2.99. The molecule has 2 fully saturated rings. The molecule has 2 aliphatic rings. The van der Waals surface area contributed by atoms with Crippen molar-refractivity contribution in [2.24, 2.45) is 0 Å². The van der Waals surface area contributed by atoms with E-state index in [-0.39, 0.29) is 11.6 Å². The van der Waals surface area contributed by atoms with Crippen LogP contribution < -0.4 is 15.0 Å². The number of thioether (sulfide) groups is 1. The number of anilines is 3. The van der Waals surface area contributed by atoms with Crippen LogP contribution in [-0.2, 0) is 0 Å². The highest BCUT2D eigenvalue weighted by atomic mass is 32.2. The van der Waals surface area contributed by atoms with Gasteiger partial charge in [0.25, 0.3) is 0 Å². The second kappa shape index (κ2) is 9.63. The zero-order valence-corrected chi connectivity index (χ0v) is 18.9. The Kier molecular flexibility index (Phi) is 6.42. The molecule has 1 N–H and O–H groups in total. The normalized spacial score (nSPS) is 17.3. The van der Waals surface area contributed by atoms with Crippen LogP contribution in [0.5, 0.6) is 5.75 Å². The van der Waals surface area contributed by atoms with Crippen molar-refractivity contribution in [2.75, 3.05) is 47.9 Å². The van der Waals surface area contributed by atoms with Gasteiger partial charge in [-0.05, 0) is 18.2 Å². The van der Waals surface area contributed by atoms with Crippen LogP contribution in [0.3, 0.4) is 0 Å². The third kappa shape index (κ3) is 5.50. The molecule has 0 aromatic carbocycles. The van der Waals surface area contributed by atoms with Crippen LogP contribution in [0.1, 0.15) is 0 Å². The molecular formula is C22H22F3N7OS. The Labute approximate surface area is 198 Å². The van der Waals surface area contributed by atoms with Crippen molar-refractivity contribution in [3.8, 4) is 17.1 Å². The minimum Gasteiger partial charge on any atom is -0.406 e. The van der Waals surface area contributed by atoms with E-state index in [1.807, 2.05) is 17.8 Å². The molecule has 2 aliphatic heterocycles. The molecule has 0 amide bonds. The standard InChI is InChI=1S/C22H22F3N7OS/c23-22(24,25)33-17-3-5-27-18(10-17)28-19-11-20(30-21(29-19)15-2-1-4-26-12-15)32-13-16(14-32)31-6-8-34-9-7-31/h1-5,10-12,16H,6-9,13-14H2,(H,27,28,29,30). The maximum absolute atomic E-state index is 12.6. The van der Waals surface area contributed by atoms with E-state index in [1.165, 1.54) is 12.3 Å². The predicted octanol–water partition coefficient (Wildman–Crippen LogP) is 3.81. The summed E-state index contributed by atoms with van der Waals surface area (Å²) in [5.74, 6) is 3.75. The first-order valence-corrected chi connectivity index (χ1v) is 11.9. The average Bonchev–Trinajstić information content (AvgIpc) is 2.78. The third-order valence-electron chi connectivity index (χ3n) is 5.60. The minimum absolute atomic E-state index is 0.177. The van der Waals surface area contributed by atoms with Gasteiger partial charge in [-0.3, -0.25) is 9.88 Å². The van der Waals surface area contributed by atoms with Gasteiger partial charge in [0.05, 0.1) is 0 Å². The van der Waals surface area contributed by atoms with Crippen molar-refractivity contribution < 1.29 is 17.9 Å². The van der Waals surface area contributed by atoms with Gasteiger partial charge in [0.1, 0.15) is 23.2 Å². The van der Waals surface area contributed by atoms with E-state index in [0.717, 1.165) is 55.1 Å². The number of hydrogen-bond acceptors (Lipinski definition) is 9. The maximum Gasteiger partial charge on any atom is 0.573 e. The van der Waals surface area contributed by atoms with Gasteiger partial charge < -0.3 is 15.0 Å². The lowest BCUT2D eigenvalue weighted by Crippen LogP contribution is -2.61. The lowest BCUT2D eigenvalue weighted by Gasteiger charge is -2.47. The molecule has 5 rings (SSSR count). The summed E-state index contributed by atoms with van der Waals surface area (Å²) in [6.45, 7) is 3.92. The van der Waals surface area contributed by atoms with Crippen molar-refractivity contribution in [1.82, 2.24) is 24.8 Å². The fraction of sp³-hybridized carbons (Fsp3) is 0.364. The monoisotopic (exact) mass is 489 g/mol. The van der Waals surface area contributed by atoms with Crippen LogP contribution in [-0.4, -0.2) is 74.9 Å². The van der Waals surface area contributed by atoms with Crippen molar-refractivity contribution in [3.05, 3.63) is 48.9 Å². The highest BCUT2D eigenvalue weighted by Crippen LogP contribution is 2.30. The van der Waals surface area contributed by atoms with E-state index in [9.17, 15) is 13.2 Å². The second-order valence-electron chi connectivity index (χ2n) is 7.93. The molecule has 12 heteroatoms. The molecule has 0 unspecified atom stereocenters. The zero-order chi connectivity index (χ0) is 23.5. The van der Waals surface area contributed by atoms with Gasteiger partial charge in [-0.1, -0.05) is 0 Å². The van der Waals surface area contributed by atoms with E-state index < -0.39 is 6.36 Å². The van der Waals surface area contributed by atoms with Gasteiger partial charge in [-0.25, -0.2) is 15.0 Å². The van der Waals surface area contributed by atoms with Crippen LogP contribution >= 0.6 is 11.8 Å². The first-order chi connectivity index (χ1) is 16.4. The van der Waals surface area contributed by atoms with Gasteiger partial charge in [-0.15, -0.1) is 13.2 Å². The van der Waals surface area contributed by atoms with Crippen molar-refractivity contribution in [1.29, 1.82) is 0 Å². The first-order valence-electron chi connectivity index (χ1n) is 10.8. The fourth-order valence-electron chi connectivity index (χ4n) is 3.91. The van der Waals surface area contributed by atoms with E-state index in [4.69, 9.17) is 4.98 Å². The molecule has 8 nitrogen and oxygen atoms in total. The SMILES string of the molecule is FC(F)(F)Oc1ccnc(Nc2cc(N3CC(N4CCSCC4)C3)nc(-c3cccnc3)n2)c1. The Morgan fingerprint density at radius 3 is 2.59 bits per heavy atom. The number of rotatable bonds is 6. The van der Waals surface area contributed by atoms with E-state index in [1.54, 1.807) is 24.5 Å².